The second-order valence-electron chi connectivity index (χ2n) is 7.80. The number of aromatic nitrogens is 1. The van der Waals surface area contributed by atoms with Crippen molar-refractivity contribution >= 4 is 28.4 Å². The second kappa shape index (κ2) is 9.84. The number of halogens is 1. The predicted molar refractivity (Wildman–Crippen MR) is 129 cm³/mol. The molecule has 0 aliphatic heterocycles. The molecule has 1 heterocycles. The highest BCUT2D eigenvalue weighted by Gasteiger charge is 2.23. The standard InChI is InChI=1S/C27H27ClN2O/c1-2-20-11-8-13-22-24(18-30-27(20)22)23(21-12-6-7-14-25(21)28)17-26(31)29-16-15-19-9-4-3-5-10-19/h3-14,18,23,30H,2,15-17H2,1H3,(H,29,31). The molecule has 31 heavy (non-hydrogen) atoms. The van der Waals surface area contributed by atoms with Crippen LogP contribution in [-0.2, 0) is 17.6 Å². The molecule has 1 unspecified atom stereocenters. The van der Waals surface area contributed by atoms with E-state index in [0.29, 0.717) is 18.0 Å². The number of hydrogen-bond donors (Lipinski definition) is 2. The molecule has 158 valence electrons. The minimum Gasteiger partial charge on any atom is -0.361 e. The molecule has 0 spiro atoms. The molecule has 0 radical (unpaired) electrons. The Bertz CT molecular complexity index is 1170. The average Bonchev–Trinajstić information content (AvgIpc) is 3.23. The number of carbonyl (C=O) groups is 1. The number of aromatic amines is 1. The fourth-order valence-corrected chi connectivity index (χ4v) is 4.48. The molecule has 0 bridgehead atoms. The summed E-state index contributed by atoms with van der Waals surface area (Å²) in [6.07, 6.45) is 4.15. The van der Waals surface area contributed by atoms with Gasteiger partial charge >= 0.3 is 0 Å². The van der Waals surface area contributed by atoms with Crippen molar-refractivity contribution in [3.8, 4) is 0 Å². The molecule has 0 fully saturated rings. The zero-order valence-electron chi connectivity index (χ0n) is 17.7. The Morgan fingerprint density at radius 1 is 0.968 bits per heavy atom. The Balaban J connectivity index is 1.59. The van der Waals surface area contributed by atoms with Crippen molar-refractivity contribution in [3.05, 3.63) is 106 Å². The first-order valence-corrected chi connectivity index (χ1v) is 11.2. The summed E-state index contributed by atoms with van der Waals surface area (Å²) in [4.78, 5) is 16.4. The summed E-state index contributed by atoms with van der Waals surface area (Å²) in [5.41, 5.74) is 5.71. The lowest BCUT2D eigenvalue weighted by atomic mass is 9.87. The second-order valence-corrected chi connectivity index (χ2v) is 8.21. The molecule has 0 saturated heterocycles. The molecule has 0 aliphatic carbocycles. The molecule has 1 atom stereocenters. The van der Waals surface area contributed by atoms with Crippen LogP contribution in [0.4, 0.5) is 0 Å². The van der Waals surface area contributed by atoms with Gasteiger partial charge < -0.3 is 10.3 Å². The van der Waals surface area contributed by atoms with Crippen molar-refractivity contribution in [2.45, 2.75) is 32.1 Å². The highest BCUT2D eigenvalue weighted by atomic mass is 35.5. The summed E-state index contributed by atoms with van der Waals surface area (Å²) in [7, 11) is 0. The van der Waals surface area contributed by atoms with E-state index in [-0.39, 0.29) is 11.8 Å². The normalized spacial score (nSPS) is 12.1. The smallest absolute Gasteiger partial charge is 0.220 e. The Hall–Kier alpha value is -3.04. The summed E-state index contributed by atoms with van der Waals surface area (Å²) < 4.78 is 0. The van der Waals surface area contributed by atoms with Crippen LogP contribution in [0, 0.1) is 0 Å². The Labute approximate surface area is 188 Å². The van der Waals surface area contributed by atoms with Gasteiger partial charge in [-0.3, -0.25) is 4.79 Å². The van der Waals surface area contributed by atoms with Crippen LogP contribution in [0.25, 0.3) is 10.9 Å². The van der Waals surface area contributed by atoms with Gasteiger partial charge in [0.2, 0.25) is 5.91 Å². The number of H-pyrrole nitrogens is 1. The lowest BCUT2D eigenvalue weighted by Crippen LogP contribution is -2.27. The number of amides is 1. The van der Waals surface area contributed by atoms with Crippen LogP contribution in [0.15, 0.2) is 79.0 Å². The topological polar surface area (TPSA) is 44.9 Å². The molecule has 4 heteroatoms. The minimum atomic E-state index is -0.119. The number of para-hydroxylation sites is 1. The summed E-state index contributed by atoms with van der Waals surface area (Å²) in [5.74, 6) is -0.0897. The molecular weight excluding hydrogens is 404 g/mol. The van der Waals surface area contributed by atoms with Gasteiger partial charge in [0.25, 0.3) is 0 Å². The zero-order chi connectivity index (χ0) is 21.6. The van der Waals surface area contributed by atoms with Crippen molar-refractivity contribution in [1.29, 1.82) is 0 Å². The molecule has 3 aromatic carbocycles. The SMILES string of the molecule is CCc1cccc2c(C(CC(=O)NCCc3ccccc3)c3ccccc3Cl)c[nH]c12. The predicted octanol–water partition coefficient (Wildman–Crippen LogP) is 6.26. The fourth-order valence-electron chi connectivity index (χ4n) is 4.22. The van der Waals surface area contributed by atoms with Crippen LogP contribution >= 0.6 is 11.6 Å². The third kappa shape index (κ3) is 4.83. The number of rotatable bonds is 8. The maximum absolute atomic E-state index is 12.9. The highest BCUT2D eigenvalue weighted by Crippen LogP contribution is 2.37. The van der Waals surface area contributed by atoms with Crippen LogP contribution in [0.5, 0.6) is 0 Å². The average molecular weight is 431 g/mol. The van der Waals surface area contributed by atoms with Crippen molar-refractivity contribution in [3.63, 3.8) is 0 Å². The van der Waals surface area contributed by atoms with Gasteiger partial charge in [0.05, 0.1) is 0 Å². The van der Waals surface area contributed by atoms with Crippen molar-refractivity contribution in [1.82, 2.24) is 10.3 Å². The molecule has 1 amide bonds. The van der Waals surface area contributed by atoms with Crippen LogP contribution in [0.1, 0.15) is 41.5 Å². The van der Waals surface area contributed by atoms with Gasteiger partial charge in [-0.15, -0.1) is 0 Å². The lowest BCUT2D eigenvalue weighted by Gasteiger charge is -2.19. The number of benzene rings is 3. The summed E-state index contributed by atoms with van der Waals surface area (Å²) in [5, 5.41) is 4.93. The largest absolute Gasteiger partial charge is 0.361 e. The lowest BCUT2D eigenvalue weighted by molar-refractivity contribution is -0.121. The molecular formula is C27H27ClN2O. The zero-order valence-corrected chi connectivity index (χ0v) is 18.5. The van der Waals surface area contributed by atoms with E-state index in [1.54, 1.807) is 0 Å². The van der Waals surface area contributed by atoms with E-state index in [2.05, 4.69) is 47.6 Å². The highest BCUT2D eigenvalue weighted by molar-refractivity contribution is 6.31. The van der Waals surface area contributed by atoms with Crippen LogP contribution in [0.2, 0.25) is 5.02 Å². The van der Waals surface area contributed by atoms with Crippen molar-refractivity contribution in [2.75, 3.05) is 6.54 Å². The quantitative estimate of drug-likeness (QED) is 0.340. The first-order valence-electron chi connectivity index (χ1n) is 10.8. The number of aryl methyl sites for hydroxylation is 1. The third-order valence-corrected chi connectivity index (χ3v) is 6.18. The Morgan fingerprint density at radius 3 is 2.52 bits per heavy atom. The summed E-state index contributed by atoms with van der Waals surface area (Å²) >= 11 is 6.57. The molecule has 3 nitrogen and oxygen atoms in total. The first-order chi connectivity index (χ1) is 15.2. The van der Waals surface area contributed by atoms with E-state index in [0.717, 1.165) is 34.9 Å². The molecule has 4 aromatic rings. The molecule has 0 saturated carbocycles. The third-order valence-electron chi connectivity index (χ3n) is 5.84. The fraction of sp³-hybridized carbons (Fsp3) is 0.222. The number of carbonyl (C=O) groups excluding carboxylic acids is 1. The van der Waals surface area contributed by atoms with Crippen LogP contribution in [-0.4, -0.2) is 17.4 Å². The molecule has 2 N–H and O–H groups in total. The van der Waals surface area contributed by atoms with Gasteiger partial charge in [0, 0.05) is 41.0 Å². The van der Waals surface area contributed by atoms with Crippen molar-refractivity contribution in [2.24, 2.45) is 0 Å². The van der Waals surface area contributed by atoms with E-state index in [4.69, 9.17) is 11.6 Å². The van der Waals surface area contributed by atoms with Gasteiger partial charge in [0.1, 0.15) is 0 Å². The van der Waals surface area contributed by atoms with E-state index in [1.165, 1.54) is 11.1 Å². The van der Waals surface area contributed by atoms with Crippen LogP contribution in [0.3, 0.4) is 0 Å². The first kappa shape index (κ1) is 21.2. The Morgan fingerprint density at radius 2 is 1.74 bits per heavy atom. The van der Waals surface area contributed by atoms with Crippen LogP contribution < -0.4 is 5.32 Å². The van der Waals surface area contributed by atoms with E-state index >= 15 is 0 Å². The van der Waals surface area contributed by atoms with Gasteiger partial charge in [0.15, 0.2) is 0 Å². The van der Waals surface area contributed by atoms with Gasteiger partial charge in [-0.25, -0.2) is 0 Å². The van der Waals surface area contributed by atoms with Gasteiger partial charge in [-0.05, 0) is 41.2 Å². The monoisotopic (exact) mass is 430 g/mol. The summed E-state index contributed by atoms with van der Waals surface area (Å²) in [6.45, 7) is 2.77. The molecule has 1 aromatic heterocycles. The minimum absolute atomic E-state index is 0.0295. The summed E-state index contributed by atoms with van der Waals surface area (Å²) in [6, 6.07) is 24.4. The number of hydrogen-bond acceptors (Lipinski definition) is 1. The van der Waals surface area contributed by atoms with E-state index < -0.39 is 0 Å². The van der Waals surface area contributed by atoms with Gasteiger partial charge in [-0.1, -0.05) is 85.3 Å². The molecule has 0 aliphatic rings. The van der Waals surface area contributed by atoms with E-state index in [9.17, 15) is 4.79 Å². The molecule has 4 rings (SSSR count). The van der Waals surface area contributed by atoms with Crippen molar-refractivity contribution < 1.29 is 4.79 Å². The number of nitrogens with one attached hydrogen (secondary N) is 2. The number of fused-ring (bicyclic) bond motifs is 1. The maximum Gasteiger partial charge on any atom is 0.220 e. The maximum atomic E-state index is 12.9. The van der Waals surface area contributed by atoms with E-state index in [1.807, 2.05) is 48.7 Å². The Kier molecular flexibility index (Phi) is 6.73. The van der Waals surface area contributed by atoms with Gasteiger partial charge in [-0.2, -0.15) is 0 Å².